The summed E-state index contributed by atoms with van der Waals surface area (Å²) in [5.74, 6) is 0.603. The molecule has 3 rings (SSSR count). The molecule has 0 bridgehead atoms. The Bertz CT molecular complexity index is 601. The first-order valence-electron chi connectivity index (χ1n) is 6.60. The third-order valence-corrected chi connectivity index (χ3v) is 4.24. The molecule has 2 N–H and O–H groups in total. The Morgan fingerprint density at radius 3 is 3.26 bits per heavy atom. The molecule has 0 radical (unpaired) electrons. The van der Waals surface area contributed by atoms with Gasteiger partial charge in [0.2, 0.25) is 0 Å². The molecule has 1 unspecified atom stereocenters. The van der Waals surface area contributed by atoms with Gasteiger partial charge in [0, 0.05) is 6.04 Å². The van der Waals surface area contributed by atoms with Gasteiger partial charge in [0.05, 0.1) is 12.1 Å². The number of hydrogen-bond acceptors (Lipinski definition) is 5. The summed E-state index contributed by atoms with van der Waals surface area (Å²) in [7, 11) is 0. The third kappa shape index (κ3) is 3.02. The van der Waals surface area contributed by atoms with Gasteiger partial charge < -0.3 is 15.0 Å². The van der Waals surface area contributed by atoms with Gasteiger partial charge in [-0.15, -0.1) is 11.3 Å². The average Bonchev–Trinajstić information content (AvgIpc) is 2.89. The van der Waals surface area contributed by atoms with Gasteiger partial charge in [-0.05, 0) is 30.8 Å². The van der Waals surface area contributed by atoms with Gasteiger partial charge in [-0.2, -0.15) is 0 Å². The number of rotatable bonds is 4. The average molecular weight is 279 g/mol. The summed E-state index contributed by atoms with van der Waals surface area (Å²) >= 11 is 1.41. The van der Waals surface area contributed by atoms with Crippen molar-refractivity contribution in [1.82, 2.24) is 15.3 Å². The van der Waals surface area contributed by atoms with E-state index in [1.54, 1.807) is 0 Å². The topological polar surface area (TPSA) is 67.0 Å². The zero-order valence-electron chi connectivity index (χ0n) is 10.6. The Labute approximate surface area is 115 Å². The highest BCUT2D eigenvalue weighted by molar-refractivity contribution is 7.17. The number of aromatic amines is 1. The predicted molar refractivity (Wildman–Crippen MR) is 75.5 cm³/mol. The second-order valence-electron chi connectivity index (χ2n) is 4.81. The molecule has 6 heteroatoms. The fraction of sp³-hybridized carbons (Fsp3) is 0.538. The van der Waals surface area contributed by atoms with Crippen molar-refractivity contribution in [3.8, 4) is 0 Å². The van der Waals surface area contributed by atoms with Crippen LogP contribution in [-0.2, 0) is 11.3 Å². The minimum atomic E-state index is -0.0746. The Hall–Kier alpha value is -1.24. The van der Waals surface area contributed by atoms with Crippen LogP contribution < -0.4 is 10.9 Å². The molecule has 1 atom stereocenters. The smallest absolute Gasteiger partial charge is 0.268 e. The Morgan fingerprint density at radius 2 is 2.42 bits per heavy atom. The highest BCUT2D eigenvalue weighted by Crippen LogP contribution is 2.14. The van der Waals surface area contributed by atoms with E-state index < -0.39 is 0 Å². The lowest BCUT2D eigenvalue weighted by Crippen LogP contribution is -2.37. The first-order chi connectivity index (χ1) is 9.33. The largest absolute Gasteiger partial charge is 0.372 e. The highest BCUT2D eigenvalue weighted by atomic mass is 32.1. The van der Waals surface area contributed by atoms with E-state index in [2.05, 4.69) is 15.3 Å². The molecule has 102 valence electrons. The monoisotopic (exact) mass is 279 g/mol. The van der Waals surface area contributed by atoms with E-state index in [0.717, 1.165) is 18.5 Å². The summed E-state index contributed by atoms with van der Waals surface area (Å²) < 4.78 is 6.33. The molecule has 0 aliphatic carbocycles. The number of ether oxygens (including phenoxy) is 1. The number of thiophene rings is 1. The van der Waals surface area contributed by atoms with Crippen molar-refractivity contribution >= 4 is 21.6 Å². The Morgan fingerprint density at radius 1 is 1.47 bits per heavy atom. The van der Waals surface area contributed by atoms with Crippen LogP contribution >= 0.6 is 11.3 Å². The van der Waals surface area contributed by atoms with Gasteiger partial charge in [0.25, 0.3) is 5.56 Å². The van der Waals surface area contributed by atoms with Crippen LogP contribution in [0.25, 0.3) is 10.2 Å². The summed E-state index contributed by atoms with van der Waals surface area (Å²) in [6, 6.07) is 2.30. The fourth-order valence-corrected chi connectivity index (χ4v) is 3.08. The van der Waals surface area contributed by atoms with Crippen LogP contribution in [0.15, 0.2) is 16.2 Å². The van der Waals surface area contributed by atoms with E-state index in [-0.39, 0.29) is 5.56 Å². The number of aromatic nitrogens is 2. The van der Waals surface area contributed by atoms with Crippen molar-refractivity contribution in [1.29, 1.82) is 0 Å². The van der Waals surface area contributed by atoms with Crippen LogP contribution in [0.2, 0.25) is 0 Å². The zero-order chi connectivity index (χ0) is 13.1. The Kier molecular flexibility index (Phi) is 3.91. The van der Waals surface area contributed by atoms with Crippen LogP contribution in [0, 0.1) is 0 Å². The lowest BCUT2D eigenvalue weighted by Gasteiger charge is -2.22. The molecular weight excluding hydrogens is 262 g/mol. The molecule has 1 saturated heterocycles. The number of hydrogen-bond donors (Lipinski definition) is 2. The molecule has 5 nitrogen and oxygen atoms in total. The van der Waals surface area contributed by atoms with Gasteiger partial charge in [-0.3, -0.25) is 4.79 Å². The van der Waals surface area contributed by atoms with E-state index in [0.29, 0.717) is 29.8 Å². The molecule has 1 aliphatic rings. The summed E-state index contributed by atoms with van der Waals surface area (Å²) in [6.45, 7) is 2.11. The lowest BCUT2D eigenvalue weighted by atomic mass is 10.1. The minimum absolute atomic E-state index is 0.0746. The second-order valence-corrected chi connectivity index (χ2v) is 5.73. The van der Waals surface area contributed by atoms with Crippen molar-refractivity contribution in [2.75, 3.05) is 13.2 Å². The van der Waals surface area contributed by atoms with E-state index in [4.69, 9.17) is 4.74 Å². The van der Waals surface area contributed by atoms with Crippen LogP contribution in [-0.4, -0.2) is 29.2 Å². The van der Waals surface area contributed by atoms with Gasteiger partial charge in [-0.1, -0.05) is 6.42 Å². The summed E-state index contributed by atoms with van der Waals surface area (Å²) in [5, 5.41) is 5.31. The van der Waals surface area contributed by atoms with Crippen molar-refractivity contribution in [2.24, 2.45) is 0 Å². The summed E-state index contributed by atoms with van der Waals surface area (Å²) in [4.78, 5) is 18.9. The van der Waals surface area contributed by atoms with Crippen LogP contribution in [0.1, 0.15) is 25.1 Å². The lowest BCUT2D eigenvalue weighted by molar-refractivity contribution is 0.0868. The molecule has 0 spiro atoms. The van der Waals surface area contributed by atoms with Crippen molar-refractivity contribution in [2.45, 2.75) is 31.9 Å². The summed E-state index contributed by atoms with van der Waals surface area (Å²) in [5.41, 5.74) is 0.678. The molecule has 2 aromatic rings. The SMILES string of the molecule is O=c1[nH]c(COCC2CCCCN2)nc2ccsc12. The molecule has 19 heavy (non-hydrogen) atoms. The molecule has 0 aromatic carbocycles. The summed E-state index contributed by atoms with van der Waals surface area (Å²) in [6.07, 6.45) is 3.67. The van der Waals surface area contributed by atoms with Gasteiger partial charge in [0.15, 0.2) is 0 Å². The van der Waals surface area contributed by atoms with Crippen molar-refractivity contribution in [3.63, 3.8) is 0 Å². The molecule has 0 amide bonds. The third-order valence-electron chi connectivity index (χ3n) is 3.33. The molecule has 1 aliphatic heterocycles. The van der Waals surface area contributed by atoms with E-state index in [1.165, 1.54) is 24.2 Å². The molecule has 2 aromatic heterocycles. The molecule has 0 saturated carbocycles. The van der Waals surface area contributed by atoms with E-state index in [1.807, 2.05) is 11.4 Å². The number of piperidine rings is 1. The first kappa shape index (κ1) is 12.8. The Balaban J connectivity index is 1.60. The van der Waals surface area contributed by atoms with Crippen molar-refractivity contribution < 1.29 is 4.74 Å². The second kappa shape index (κ2) is 5.81. The zero-order valence-corrected chi connectivity index (χ0v) is 11.5. The number of nitrogens with zero attached hydrogens (tertiary/aromatic N) is 1. The molecule has 3 heterocycles. The minimum Gasteiger partial charge on any atom is -0.372 e. The van der Waals surface area contributed by atoms with Crippen LogP contribution in [0.3, 0.4) is 0 Å². The number of nitrogens with one attached hydrogen (secondary N) is 2. The van der Waals surface area contributed by atoms with Crippen LogP contribution in [0.5, 0.6) is 0 Å². The molecular formula is C13H17N3O2S. The fourth-order valence-electron chi connectivity index (χ4n) is 2.35. The van der Waals surface area contributed by atoms with E-state index in [9.17, 15) is 4.79 Å². The van der Waals surface area contributed by atoms with Gasteiger partial charge in [0.1, 0.15) is 17.1 Å². The maximum Gasteiger partial charge on any atom is 0.268 e. The quantitative estimate of drug-likeness (QED) is 0.893. The predicted octanol–water partition coefficient (Wildman–Crippen LogP) is 1.64. The van der Waals surface area contributed by atoms with Crippen LogP contribution in [0.4, 0.5) is 0 Å². The number of fused-ring (bicyclic) bond motifs is 1. The van der Waals surface area contributed by atoms with Crippen molar-refractivity contribution in [3.05, 3.63) is 27.6 Å². The normalized spacial score (nSPS) is 19.9. The van der Waals surface area contributed by atoms with Gasteiger partial charge >= 0.3 is 0 Å². The maximum atomic E-state index is 11.8. The molecule has 1 fully saturated rings. The highest BCUT2D eigenvalue weighted by Gasteiger charge is 2.12. The van der Waals surface area contributed by atoms with Gasteiger partial charge in [-0.25, -0.2) is 4.98 Å². The van der Waals surface area contributed by atoms with E-state index >= 15 is 0 Å². The number of H-pyrrole nitrogens is 1. The maximum absolute atomic E-state index is 11.8. The standard InChI is InChI=1S/C13H17N3O2S/c17-13-12-10(4-6-19-12)15-11(16-13)8-18-7-9-3-1-2-5-14-9/h4,6,9,14H,1-3,5,7-8H2,(H,15,16,17). The first-order valence-corrected chi connectivity index (χ1v) is 7.48.